The van der Waals surface area contributed by atoms with Gasteiger partial charge in [0.1, 0.15) is 6.04 Å². The van der Waals surface area contributed by atoms with Crippen molar-refractivity contribution in [2.45, 2.75) is 18.9 Å². The first-order chi connectivity index (χ1) is 15.1. The Morgan fingerprint density at radius 2 is 1.77 bits per heavy atom. The SMILES string of the molecule is O=C(N[C@@H](Cc1ccccc1)C(=O)OCC(=O)N1CCc2ccccc21)c1ccco1. The molecule has 3 aromatic rings. The molecule has 0 aliphatic carbocycles. The Morgan fingerprint density at radius 1 is 1.00 bits per heavy atom. The fourth-order valence-corrected chi connectivity index (χ4v) is 3.59. The van der Waals surface area contributed by atoms with Crippen LogP contribution in [0.2, 0.25) is 0 Å². The van der Waals surface area contributed by atoms with Crippen molar-refractivity contribution in [1.82, 2.24) is 5.32 Å². The lowest BCUT2D eigenvalue weighted by molar-refractivity contribution is -0.149. The predicted octanol–water partition coefficient (Wildman–Crippen LogP) is 2.75. The Kier molecular flexibility index (Phi) is 6.12. The number of nitrogens with zero attached hydrogens (tertiary/aromatic N) is 1. The smallest absolute Gasteiger partial charge is 0.329 e. The van der Waals surface area contributed by atoms with Crippen LogP contribution < -0.4 is 10.2 Å². The summed E-state index contributed by atoms with van der Waals surface area (Å²) >= 11 is 0. The van der Waals surface area contributed by atoms with E-state index in [1.807, 2.05) is 54.6 Å². The number of anilines is 1. The third-order valence-electron chi connectivity index (χ3n) is 5.14. The number of carbonyl (C=O) groups excluding carboxylic acids is 3. The predicted molar refractivity (Wildman–Crippen MR) is 114 cm³/mol. The Bertz CT molecular complexity index is 1060. The Morgan fingerprint density at radius 3 is 2.55 bits per heavy atom. The van der Waals surface area contributed by atoms with E-state index in [0.717, 1.165) is 23.2 Å². The highest BCUT2D eigenvalue weighted by atomic mass is 16.5. The van der Waals surface area contributed by atoms with Gasteiger partial charge in [0.15, 0.2) is 12.4 Å². The largest absolute Gasteiger partial charge is 0.459 e. The summed E-state index contributed by atoms with van der Waals surface area (Å²) in [6.45, 7) is 0.160. The number of hydrogen-bond acceptors (Lipinski definition) is 5. The van der Waals surface area contributed by atoms with Crippen LogP contribution >= 0.6 is 0 Å². The lowest BCUT2D eigenvalue weighted by Gasteiger charge is -2.20. The maximum absolute atomic E-state index is 12.8. The average Bonchev–Trinajstić information content (AvgIpc) is 3.48. The zero-order valence-electron chi connectivity index (χ0n) is 16.8. The van der Waals surface area contributed by atoms with Gasteiger partial charge in [0, 0.05) is 18.7 Å². The van der Waals surface area contributed by atoms with Gasteiger partial charge in [-0.15, -0.1) is 0 Å². The van der Waals surface area contributed by atoms with Crippen LogP contribution in [0.1, 0.15) is 21.7 Å². The first-order valence-electron chi connectivity index (χ1n) is 10.0. The van der Waals surface area contributed by atoms with Crippen molar-refractivity contribution in [1.29, 1.82) is 0 Å². The number of hydrogen-bond donors (Lipinski definition) is 1. The molecule has 2 heterocycles. The molecule has 31 heavy (non-hydrogen) atoms. The number of para-hydroxylation sites is 1. The number of rotatable bonds is 7. The van der Waals surface area contributed by atoms with E-state index >= 15 is 0 Å². The zero-order chi connectivity index (χ0) is 21.6. The number of benzene rings is 2. The van der Waals surface area contributed by atoms with Crippen LogP contribution in [0.25, 0.3) is 0 Å². The van der Waals surface area contributed by atoms with Gasteiger partial charge in [-0.2, -0.15) is 0 Å². The van der Waals surface area contributed by atoms with E-state index in [1.54, 1.807) is 11.0 Å². The highest BCUT2D eigenvalue weighted by molar-refractivity contribution is 5.98. The second-order valence-electron chi connectivity index (χ2n) is 7.22. The molecule has 158 valence electrons. The number of furan rings is 1. The summed E-state index contributed by atoms with van der Waals surface area (Å²) in [4.78, 5) is 39.5. The third-order valence-corrected chi connectivity index (χ3v) is 5.14. The number of carbonyl (C=O) groups is 3. The molecule has 0 fully saturated rings. The monoisotopic (exact) mass is 418 g/mol. The highest BCUT2D eigenvalue weighted by Gasteiger charge is 2.28. The molecule has 0 radical (unpaired) electrons. The molecule has 2 amide bonds. The van der Waals surface area contributed by atoms with Gasteiger partial charge in [-0.25, -0.2) is 4.79 Å². The normalized spacial score (nSPS) is 13.4. The Labute approximate surface area is 179 Å². The molecule has 7 heteroatoms. The van der Waals surface area contributed by atoms with Crippen LogP contribution in [0.3, 0.4) is 0 Å². The van der Waals surface area contributed by atoms with Crippen LogP contribution in [-0.4, -0.2) is 37.0 Å². The van der Waals surface area contributed by atoms with Crippen molar-refractivity contribution in [3.8, 4) is 0 Å². The molecule has 1 N–H and O–H groups in total. The van der Waals surface area contributed by atoms with Crippen molar-refractivity contribution in [2.24, 2.45) is 0 Å². The molecule has 7 nitrogen and oxygen atoms in total. The minimum absolute atomic E-state index is 0.0932. The van der Waals surface area contributed by atoms with Crippen LogP contribution in [0.5, 0.6) is 0 Å². The van der Waals surface area contributed by atoms with Gasteiger partial charge in [-0.05, 0) is 35.7 Å². The van der Waals surface area contributed by atoms with Gasteiger partial charge in [-0.3, -0.25) is 9.59 Å². The van der Waals surface area contributed by atoms with Gasteiger partial charge >= 0.3 is 5.97 Å². The molecule has 0 unspecified atom stereocenters. The van der Waals surface area contributed by atoms with Gasteiger partial charge in [-0.1, -0.05) is 48.5 Å². The summed E-state index contributed by atoms with van der Waals surface area (Å²) in [5, 5.41) is 2.64. The van der Waals surface area contributed by atoms with Crippen LogP contribution in [-0.2, 0) is 27.2 Å². The Balaban J connectivity index is 1.41. The van der Waals surface area contributed by atoms with Gasteiger partial charge < -0.3 is 19.4 Å². The molecule has 0 bridgehead atoms. The number of fused-ring (bicyclic) bond motifs is 1. The molecule has 1 aliphatic heterocycles. The van der Waals surface area contributed by atoms with E-state index < -0.39 is 24.5 Å². The van der Waals surface area contributed by atoms with Gasteiger partial charge in [0.2, 0.25) is 0 Å². The van der Waals surface area contributed by atoms with Crippen LogP contribution in [0.15, 0.2) is 77.4 Å². The lowest BCUT2D eigenvalue weighted by atomic mass is 10.1. The summed E-state index contributed by atoms with van der Waals surface area (Å²) in [5.74, 6) is -1.41. The maximum atomic E-state index is 12.8. The van der Waals surface area contributed by atoms with Crippen molar-refractivity contribution < 1.29 is 23.5 Å². The molecule has 1 aromatic heterocycles. The van der Waals surface area contributed by atoms with E-state index in [4.69, 9.17) is 9.15 Å². The standard InChI is InChI=1S/C24H22N2O5/c27-22(26-13-12-18-9-4-5-10-20(18)26)16-31-24(29)19(15-17-7-2-1-3-8-17)25-23(28)21-11-6-14-30-21/h1-11,14,19H,12-13,15-16H2,(H,25,28)/t19-/m0/s1. The van der Waals surface area contributed by atoms with E-state index in [9.17, 15) is 14.4 Å². The average molecular weight is 418 g/mol. The molecule has 0 spiro atoms. The molecule has 1 atom stereocenters. The number of ether oxygens (including phenoxy) is 1. The van der Waals surface area contributed by atoms with E-state index in [1.165, 1.54) is 12.3 Å². The molecule has 1 aliphatic rings. The lowest BCUT2D eigenvalue weighted by Crippen LogP contribution is -2.44. The fraction of sp³-hybridized carbons (Fsp3) is 0.208. The Hall–Kier alpha value is -3.87. The number of esters is 1. The number of nitrogens with one attached hydrogen (secondary N) is 1. The summed E-state index contributed by atoms with van der Waals surface area (Å²) in [6.07, 6.45) is 2.38. The fourth-order valence-electron chi connectivity index (χ4n) is 3.59. The van der Waals surface area contributed by atoms with Crippen molar-refractivity contribution in [3.05, 3.63) is 89.9 Å². The molecule has 2 aromatic carbocycles. The quantitative estimate of drug-likeness (QED) is 0.596. The van der Waals surface area contributed by atoms with E-state index in [2.05, 4.69) is 5.32 Å². The molecular weight excluding hydrogens is 396 g/mol. The van der Waals surface area contributed by atoms with Crippen molar-refractivity contribution >= 4 is 23.5 Å². The third kappa shape index (κ3) is 4.83. The minimum atomic E-state index is -0.960. The van der Waals surface area contributed by atoms with E-state index in [0.29, 0.717) is 6.54 Å². The second kappa shape index (κ2) is 9.30. The summed E-state index contributed by atoms with van der Waals surface area (Å²) in [5.41, 5.74) is 2.79. The minimum Gasteiger partial charge on any atom is -0.459 e. The van der Waals surface area contributed by atoms with Crippen molar-refractivity contribution in [2.75, 3.05) is 18.1 Å². The molecule has 0 saturated carbocycles. The molecule has 4 rings (SSSR count). The molecular formula is C24H22N2O5. The maximum Gasteiger partial charge on any atom is 0.329 e. The summed E-state index contributed by atoms with van der Waals surface area (Å²) in [7, 11) is 0. The van der Waals surface area contributed by atoms with Gasteiger partial charge in [0.25, 0.3) is 11.8 Å². The zero-order valence-corrected chi connectivity index (χ0v) is 16.8. The summed E-state index contributed by atoms with van der Waals surface area (Å²) < 4.78 is 10.4. The van der Waals surface area contributed by atoms with Crippen LogP contribution in [0, 0.1) is 0 Å². The topological polar surface area (TPSA) is 88.8 Å². The first-order valence-corrected chi connectivity index (χ1v) is 10.0. The van der Waals surface area contributed by atoms with Crippen molar-refractivity contribution in [3.63, 3.8) is 0 Å². The van der Waals surface area contributed by atoms with E-state index in [-0.39, 0.29) is 18.1 Å². The summed E-state index contributed by atoms with van der Waals surface area (Å²) in [6, 6.07) is 19.1. The first kappa shape index (κ1) is 20.4. The van der Waals surface area contributed by atoms with Gasteiger partial charge in [0.05, 0.1) is 6.26 Å². The number of amides is 2. The van der Waals surface area contributed by atoms with Crippen LogP contribution in [0.4, 0.5) is 5.69 Å². The second-order valence-corrected chi connectivity index (χ2v) is 7.22. The molecule has 0 saturated heterocycles. The highest BCUT2D eigenvalue weighted by Crippen LogP contribution is 2.27.